The lowest BCUT2D eigenvalue weighted by Gasteiger charge is -2.38. The Labute approximate surface area is 143 Å². The van der Waals surface area contributed by atoms with Gasteiger partial charge in [0.25, 0.3) is 0 Å². The molecule has 1 amide bonds. The molecule has 1 unspecified atom stereocenters. The lowest BCUT2D eigenvalue weighted by molar-refractivity contribution is -0.150. The summed E-state index contributed by atoms with van der Waals surface area (Å²) in [4.78, 5) is 26.4. The lowest BCUT2D eigenvalue weighted by atomic mass is 9.81. The van der Waals surface area contributed by atoms with E-state index in [-0.39, 0.29) is 23.9 Å². The number of nitrogens with zero attached hydrogens (tertiary/aromatic N) is 1. The summed E-state index contributed by atoms with van der Waals surface area (Å²) in [5, 5.41) is 0. The molecule has 1 aromatic rings. The van der Waals surface area contributed by atoms with Crippen molar-refractivity contribution in [1.82, 2.24) is 4.90 Å². The van der Waals surface area contributed by atoms with Crippen molar-refractivity contribution in [3.05, 3.63) is 35.9 Å². The number of esters is 1. The van der Waals surface area contributed by atoms with Crippen molar-refractivity contribution in [2.75, 3.05) is 19.7 Å². The summed E-state index contributed by atoms with van der Waals surface area (Å²) in [5.41, 5.74) is 0.515. The molecule has 1 aliphatic heterocycles. The molecule has 0 aliphatic carbocycles. The molecule has 24 heavy (non-hydrogen) atoms. The molecule has 1 saturated heterocycles. The molecule has 0 spiro atoms. The van der Waals surface area contributed by atoms with Crippen LogP contribution in [0.4, 0.5) is 4.79 Å². The van der Waals surface area contributed by atoms with E-state index in [1.807, 2.05) is 58.0 Å². The molecule has 1 aromatic carbocycles. The van der Waals surface area contributed by atoms with Gasteiger partial charge in [-0.3, -0.25) is 4.79 Å². The summed E-state index contributed by atoms with van der Waals surface area (Å²) in [7, 11) is 0. The molecule has 5 nitrogen and oxygen atoms in total. The standard InChI is InChI=1S/C19H27NO4/c1-5-23-17(21)15-11-12-20(18(22)24-19(2,3)4)13-16(15)14-9-7-6-8-10-14/h6-10,15-16H,5,11-13H2,1-4H3/t15-,16?/m1/s1. The van der Waals surface area contributed by atoms with E-state index in [9.17, 15) is 9.59 Å². The predicted octanol–water partition coefficient (Wildman–Crippen LogP) is 3.59. The van der Waals surface area contributed by atoms with E-state index in [0.717, 1.165) is 5.56 Å². The quantitative estimate of drug-likeness (QED) is 0.793. The smallest absolute Gasteiger partial charge is 0.410 e. The molecule has 132 valence electrons. The van der Waals surface area contributed by atoms with Crippen LogP contribution in [-0.4, -0.2) is 42.3 Å². The van der Waals surface area contributed by atoms with E-state index < -0.39 is 5.60 Å². The van der Waals surface area contributed by atoms with Crippen molar-refractivity contribution in [2.24, 2.45) is 5.92 Å². The van der Waals surface area contributed by atoms with Crippen LogP contribution in [0.1, 0.15) is 45.6 Å². The van der Waals surface area contributed by atoms with E-state index in [0.29, 0.717) is 26.1 Å². The maximum absolute atomic E-state index is 12.4. The third-order valence-corrected chi connectivity index (χ3v) is 4.08. The number of hydrogen-bond acceptors (Lipinski definition) is 4. The molecule has 2 rings (SSSR count). The second-order valence-electron chi connectivity index (χ2n) is 7.09. The van der Waals surface area contributed by atoms with Crippen LogP contribution in [0.5, 0.6) is 0 Å². The first-order valence-corrected chi connectivity index (χ1v) is 8.51. The number of likely N-dealkylation sites (tertiary alicyclic amines) is 1. The Morgan fingerprint density at radius 1 is 1.21 bits per heavy atom. The van der Waals surface area contributed by atoms with Gasteiger partial charge in [0, 0.05) is 19.0 Å². The fourth-order valence-corrected chi connectivity index (χ4v) is 3.01. The van der Waals surface area contributed by atoms with Crippen molar-refractivity contribution >= 4 is 12.1 Å². The minimum absolute atomic E-state index is 0.0773. The summed E-state index contributed by atoms with van der Waals surface area (Å²) in [5.74, 6) is -0.493. The Bertz CT molecular complexity index is 564. The zero-order valence-electron chi connectivity index (χ0n) is 15.0. The van der Waals surface area contributed by atoms with Crippen molar-refractivity contribution in [3.63, 3.8) is 0 Å². The van der Waals surface area contributed by atoms with Gasteiger partial charge in [-0.05, 0) is 39.7 Å². The fourth-order valence-electron chi connectivity index (χ4n) is 3.01. The molecular weight excluding hydrogens is 306 g/mol. The average molecular weight is 333 g/mol. The number of benzene rings is 1. The van der Waals surface area contributed by atoms with E-state index >= 15 is 0 Å². The molecule has 0 radical (unpaired) electrons. The van der Waals surface area contributed by atoms with Crippen LogP contribution in [0.15, 0.2) is 30.3 Å². The number of carbonyl (C=O) groups is 2. The Hall–Kier alpha value is -2.04. The number of rotatable bonds is 3. The molecule has 0 bridgehead atoms. The summed E-state index contributed by atoms with van der Waals surface area (Å²) < 4.78 is 10.7. The SMILES string of the molecule is CCOC(=O)[C@@H]1CCN(C(=O)OC(C)(C)C)CC1c1ccccc1. The van der Waals surface area contributed by atoms with Crippen molar-refractivity contribution in [1.29, 1.82) is 0 Å². The van der Waals surface area contributed by atoms with E-state index in [4.69, 9.17) is 9.47 Å². The molecule has 0 saturated carbocycles. The first kappa shape index (κ1) is 18.3. The Morgan fingerprint density at radius 3 is 2.46 bits per heavy atom. The van der Waals surface area contributed by atoms with Crippen molar-refractivity contribution < 1.29 is 19.1 Å². The summed E-state index contributed by atoms with van der Waals surface area (Å²) >= 11 is 0. The molecule has 0 aromatic heterocycles. The molecule has 1 fully saturated rings. The van der Waals surface area contributed by atoms with Crippen LogP contribution in [0.2, 0.25) is 0 Å². The molecule has 2 atom stereocenters. The van der Waals surface area contributed by atoms with Crippen LogP contribution in [0.25, 0.3) is 0 Å². The van der Waals surface area contributed by atoms with Gasteiger partial charge in [0.15, 0.2) is 0 Å². The van der Waals surface area contributed by atoms with Gasteiger partial charge in [-0.15, -0.1) is 0 Å². The molecule has 5 heteroatoms. The van der Waals surface area contributed by atoms with Crippen LogP contribution in [-0.2, 0) is 14.3 Å². The number of amides is 1. The third-order valence-electron chi connectivity index (χ3n) is 4.08. The van der Waals surface area contributed by atoms with Crippen molar-refractivity contribution in [2.45, 2.75) is 45.6 Å². The largest absolute Gasteiger partial charge is 0.466 e. The number of piperidine rings is 1. The minimum atomic E-state index is -0.530. The van der Waals surface area contributed by atoms with Gasteiger partial charge >= 0.3 is 12.1 Å². The summed E-state index contributed by atoms with van der Waals surface area (Å²) in [6.45, 7) is 8.70. The Kier molecular flexibility index (Phi) is 5.86. The van der Waals surface area contributed by atoms with Gasteiger partial charge in [0.1, 0.15) is 5.60 Å². The highest BCUT2D eigenvalue weighted by atomic mass is 16.6. The van der Waals surface area contributed by atoms with Crippen LogP contribution < -0.4 is 0 Å². The Balaban J connectivity index is 2.18. The highest BCUT2D eigenvalue weighted by Crippen LogP contribution is 2.34. The zero-order valence-corrected chi connectivity index (χ0v) is 15.0. The van der Waals surface area contributed by atoms with E-state index in [1.165, 1.54) is 0 Å². The third kappa shape index (κ3) is 4.73. The topological polar surface area (TPSA) is 55.8 Å². The second-order valence-corrected chi connectivity index (χ2v) is 7.09. The molecule has 1 aliphatic rings. The molecule has 1 heterocycles. The maximum atomic E-state index is 12.4. The van der Waals surface area contributed by atoms with Gasteiger partial charge < -0.3 is 14.4 Å². The maximum Gasteiger partial charge on any atom is 0.410 e. The predicted molar refractivity (Wildman–Crippen MR) is 91.7 cm³/mol. The van der Waals surface area contributed by atoms with E-state index in [2.05, 4.69) is 0 Å². The average Bonchev–Trinajstić information content (AvgIpc) is 2.54. The number of hydrogen-bond donors (Lipinski definition) is 0. The summed E-state index contributed by atoms with van der Waals surface area (Å²) in [6, 6.07) is 9.83. The second kappa shape index (κ2) is 7.69. The van der Waals surface area contributed by atoms with Crippen LogP contribution in [0.3, 0.4) is 0 Å². The first-order valence-electron chi connectivity index (χ1n) is 8.51. The van der Waals surface area contributed by atoms with Crippen LogP contribution >= 0.6 is 0 Å². The fraction of sp³-hybridized carbons (Fsp3) is 0.579. The summed E-state index contributed by atoms with van der Waals surface area (Å²) in [6.07, 6.45) is 0.253. The lowest BCUT2D eigenvalue weighted by Crippen LogP contribution is -2.47. The van der Waals surface area contributed by atoms with Crippen molar-refractivity contribution in [3.8, 4) is 0 Å². The highest BCUT2D eigenvalue weighted by molar-refractivity contribution is 5.75. The molecule has 0 N–H and O–H groups in total. The monoisotopic (exact) mass is 333 g/mol. The highest BCUT2D eigenvalue weighted by Gasteiger charge is 2.38. The minimum Gasteiger partial charge on any atom is -0.466 e. The van der Waals surface area contributed by atoms with Gasteiger partial charge in [0.2, 0.25) is 0 Å². The Morgan fingerprint density at radius 2 is 1.88 bits per heavy atom. The molecular formula is C19H27NO4. The number of carbonyl (C=O) groups excluding carboxylic acids is 2. The van der Waals surface area contributed by atoms with E-state index in [1.54, 1.807) is 4.90 Å². The van der Waals surface area contributed by atoms with Gasteiger partial charge in [-0.2, -0.15) is 0 Å². The number of ether oxygens (including phenoxy) is 2. The van der Waals surface area contributed by atoms with Gasteiger partial charge in [0.05, 0.1) is 12.5 Å². The van der Waals surface area contributed by atoms with Crippen LogP contribution in [0, 0.1) is 5.92 Å². The first-order chi connectivity index (χ1) is 11.3. The normalized spacial score (nSPS) is 21.2. The van der Waals surface area contributed by atoms with Gasteiger partial charge in [-0.1, -0.05) is 30.3 Å². The van der Waals surface area contributed by atoms with Gasteiger partial charge in [-0.25, -0.2) is 4.79 Å². The zero-order chi connectivity index (χ0) is 17.7.